The average Bonchev–Trinajstić information content (AvgIpc) is 3.07. The van der Waals surface area contributed by atoms with Crippen LogP contribution in [0.1, 0.15) is 12.0 Å². The first-order valence-corrected chi connectivity index (χ1v) is 12.0. The summed E-state index contributed by atoms with van der Waals surface area (Å²) in [4.78, 5) is 3.25. The molecule has 0 radical (unpaired) electrons. The first kappa shape index (κ1) is 22.0. The Morgan fingerprint density at radius 2 is 1.90 bits per heavy atom. The highest BCUT2D eigenvalue weighted by molar-refractivity contribution is 7.98. The van der Waals surface area contributed by atoms with E-state index >= 15 is 0 Å². The van der Waals surface area contributed by atoms with Crippen LogP contribution in [0.15, 0.2) is 58.3 Å². The fourth-order valence-electron chi connectivity index (χ4n) is 3.45. The second kappa shape index (κ2) is 8.97. The Labute approximate surface area is 173 Å². The molecule has 1 aliphatic rings. The van der Waals surface area contributed by atoms with E-state index in [2.05, 4.69) is 33.9 Å². The molecule has 9 heteroatoms. The van der Waals surface area contributed by atoms with Gasteiger partial charge in [-0.05, 0) is 61.0 Å². The van der Waals surface area contributed by atoms with E-state index in [0.29, 0.717) is 6.54 Å². The standard InChI is InChI=1S/C20H22F3NO3S2/c1-28-18-7-5-15(6-8-18)12-24-10-9-16(13-24)14-29(25,26)19-4-2-3-17(11-19)27-20(21,22)23/h2-8,11,16H,9-10,12-14H2,1H3/t16-/m1/s1. The fourth-order valence-corrected chi connectivity index (χ4v) is 5.53. The molecule has 0 aliphatic carbocycles. The highest BCUT2D eigenvalue weighted by Gasteiger charge is 2.32. The van der Waals surface area contributed by atoms with Gasteiger partial charge in [-0.2, -0.15) is 0 Å². The molecular weight excluding hydrogens is 423 g/mol. The summed E-state index contributed by atoms with van der Waals surface area (Å²) < 4.78 is 66.4. The van der Waals surface area contributed by atoms with E-state index in [0.717, 1.165) is 31.6 Å². The molecule has 0 bridgehead atoms. The number of halogens is 3. The van der Waals surface area contributed by atoms with Crippen LogP contribution in [-0.4, -0.2) is 44.8 Å². The number of benzene rings is 2. The van der Waals surface area contributed by atoms with E-state index in [-0.39, 0.29) is 16.6 Å². The van der Waals surface area contributed by atoms with Gasteiger partial charge in [0.15, 0.2) is 9.84 Å². The molecule has 29 heavy (non-hydrogen) atoms. The second-order valence-corrected chi connectivity index (χ2v) is 9.96. The minimum atomic E-state index is -4.86. The summed E-state index contributed by atoms with van der Waals surface area (Å²) in [6, 6.07) is 12.9. The summed E-state index contributed by atoms with van der Waals surface area (Å²) in [5, 5.41) is 0. The molecule has 0 unspecified atom stereocenters. The van der Waals surface area contributed by atoms with Crippen molar-refractivity contribution >= 4 is 21.6 Å². The molecule has 4 nitrogen and oxygen atoms in total. The van der Waals surface area contributed by atoms with Gasteiger partial charge in [0, 0.05) is 18.0 Å². The third kappa shape index (κ3) is 6.38. The van der Waals surface area contributed by atoms with Gasteiger partial charge >= 0.3 is 6.36 Å². The van der Waals surface area contributed by atoms with Gasteiger partial charge in [-0.25, -0.2) is 8.42 Å². The molecule has 0 spiro atoms. The van der Waals surface area contributed by atoms with E-state index in [1.54, 1.807) is 11.8 Å². The Morgan fingerprint density at radius 1 is 1.17 bits per heavy atom. The molecule has 0 aromatic heterocycles. The van der Waals surface area contributed by atoms with Crippen molar-refractivity contribution in [3.63, 3.8) is 0 Å². The largest absolute Gasteiger partial charge is 0.573 e. The number of thioether (sulfide) groups is 1. The fraction of sp³-hybridized carbons (Fsp3) is 0.400. The molecule has 1 atom stereocenters. The highest BCUT2D eigenvalue weighted by atomic mass is 32.2. The smallest absolute Gasteiger partial charge is 0.406 e. The molecule has 1 saturated heterocycles. The second-order valence-electron chi connectivity index (χ2n) is 7.04. The molecule has 158 valence electrons. The van der Waals surface area contributed by atoms with Gasteiger partial charge in [0.25, 0.3) is 0 Å². The first-order valence-electron chi connectivity index (χ1n) is 9.08. The SMILES string of the molecule is CSc1ccc(CN2CC[C@@H](CS(=O)(=O)c3cccc(OC(F)(F)F)c3)C2)cc1. The Kier molecular flexibility index (Phi) is 6.80. The Balaban J connectivity index is 1.60. The number of hydrogen-bond acceptors (Lipinski definition) is 5. The van der Waals surface area contributed by atoms with E-state index in [1.807, 2.05) is 6.26 Å². The van der Waals surface area contributed by atoms with Gasteiger partial charge in [0.1, 0.15) is 5.75 Å². The van der Waals surface area contributed by atoms with Crippen LogP contribution >= 0.6 is 11.8 Å². The van der Waals surface area contributed by atoms with Gasteiger partial charge < -0.3 is 4.74 Å². The Hall–Kier alpha value is -1.71. The molecule has 1 heterocycles. The minimum absolute atomic E-state index is 0.0577. The van der Waals surface area contributed by atoms with Crippen molar-refractivity contribution in [3.05, 3.63) is 54.1 Å². The third-order valence-electron chi connectivity index (χ3n) is 4.79. The molecule has 3 rings (SSSR count). The Morgan fingerprint density at radius 3 is 2.55 bits per heavy atom. The predicted octanol–water partition coefficient (Wildman–Crippen LogP) is 4.60. The molecular formula is C20H22F3NO3S2. The van der Waals surface area contributed by atoms with Crippen molar-refractivity contribution in [1.82, 2.24) is 4.90 Å². The van der Waals surface area contributed by atoms with Crippen molar-refractivity contribution in [2.24, 2.45) is 5.92 Å². The summed E-state index contributed by atoms with van der Waals surface area (Å²) in [5.41, 5.74) is 1.17. The van der Waals surface area contributed by atoms with Crippen molar-refractivity contribution in [2.75, 3.05) is 25.1 Å². The lowest BCUT2D eigenvalue weighted by molar-refractivity contribution is -0.274. The minimum Gasteiger partial charge on any atom is -0.406 e. The molecule has 0 amide bonds. The molecule has 0 saturated carbocycles. The summed E-state index contributed by atoms with van der Waals surface area (Å²) >= 11 is 1.68. The van der Waals surface area contributed by atoms with Crippen LogP contribution in [0.3, 0.4) is 0 Å². The number of sulfone groups is 1. The summed E-state index contributed by atoms with van der Waals surface area (Å²) in [5.74, 6) is -0.678. The van der Waals surface area contributed by atoms with Crippen molar-refractivity contribution in [2.45, 2.75) is 29.1 Å². The lowest BCUT2D eigenvalue weighted by Crippen LogP contribution is -2.23. The van der Waals surface area contributed by atoms with Gasteiger partial charge in [0.05, 0.1) is 10.6 Å². The molecule has 1 aliphatic heterocycles. The predicted molar refractivity (Wildman–Crippen MR) is 107 cm³/mol. The molecule has 0 N–H and O–H groups in total. The quantitative estimate of drug-likeness (QED) is 0.583. The van der Waals surface area contributed by atoms with Crippen molar-refractivity contribution < 1.29 is 26.3 Å². The monoisotopic (exact) mass is 445 g/mol. The van der Waals surface area contributed by atoms with Gasteiger partial charge in [-0.3, -0.25) is 4.90 Å². The van der Waals surface area contributed by atoms with E-state index < -0.39 is 21.9 Å². The third-order valence-corrected chi connectivity index (χ3v) is 7.41. The van der Waals surface area contributed by atoms with Gasteiger partial charge in [-0.1, -0.05) is 18.2 Å². The number of nitrogens with zero attached hydrogens (tertiary/aromatic N) is 1. The van der Waals surface area contributed by atoms with Crippen molar-refractivity contribution in [1.29, 1.82) is 0 Å². The topological polar surface area (TPSA) is 46.6 Å². The van der Waals surface area contributed by atoms with Crippen LogP contribution in [0.5, 0.6) is 5.75 Å². The van der Waals surface area contributed by atoms with E-state index in [9.17, 15) is 21.6 Å². The number of hydrogen-bond donors (Lipinski definition) is 0. The number of alkyl halides is 3. The zero-order valence-corrected chi connectivity index (χ0v) is 17.5. The van der Waals surface area contributed by atoms with Crippen LogP contribution < -0.4 is 4.74 Å². The van der Waals surface area contributed by atoms with E-state index in [1.165, 1.54) is 22.6 Å². The lowest BCUT2D eigenvalue weighted by atomic mass is 10.2. The maximum atomic E-state index is 12.7. The summed E-state index contributed by atoms with van der Waals surface area (Å²) in [7, 11) is -3.70. The van der Waals surface area contributed by atoms with Crippen LogP contribution in [0.25, 0.3) is 0 Å². The Bertz CT molecular complexity index is 931. The summed E-state index contributed by atoms with van der Waals surface area (Å²) in [6.07, 6.45) is -2.10. The zero-order valence-electron chi connectivity index (χ0n) is 15.9. The molecule has 1 fully saturated rings. The van der Waals surface area contributed by atoms with Gasteiger partial charge in [0.2, 0.25) is 0 Å². The van der Waals surface area contributed by atoms with Crippen LogP contribution in [-0.2, 0) is 16.4 Å². The van der Waals surface area contributed by atoms with Crippen LogP contribution in [0.4, 0.5) is 13.2 Å². The number of rotatable bonds is 7. The number of ether oxygens (including phenoxy) is 1. The van der Waals surface area contributed by atoms with E-state index in [4.69, 9.17) is 0 Å². The highest BCUT2D eigenvalue weighted by Crippen LogP contribution is 2.28. The zero-order chi connectivity index (χ0) is 21.1. The lowest BCUT2D eigenvalue weighted by Gasteiger charge is -2.16. The first-order chi connectivity index (χ1) is 13.6. The molecule has 2 aromatic rings. The maximum absolute atomic E-state index is 12.7. The van der Waals surface area contributed by atoms with Crippen LogP contribution in [0, 0.1) is 5.92 Å². The normalized spacial score (nSPS) is 18.1. The maximum Gasteiger partial charge on any atom is 0.573 e. The summed E-state index contributed by atoms with van der Waals surface area (Å²) in [6.45, 7) is 2.18. The average molecular weight is 446 g/mol. The number of likely N-dealkylation sites (tertiary alicyclic amines) is 1. The van der Waals surface area contributed by atoms with Crippen molar-refractivity contribution in [3.8, 4) is 5.75 Å². The van der Waals surface area contributed by atoms with Gasteiger partial charge in [-0.15, -0.1) is 24.9 Å². The van der Waals surface area contributed by atoms with Crippen LogP contribution in [0.2, 0.25) is 0 Å². The molecule has 2 aromatic carbocycles.